The summed E-state index contributed by atoms with van der Waals surface area (Å²) in [6.45, 7) is 1.83. The summed E-state index contributed by atoms with van der Waals surface area (Å²) in [7, 11) is 0. The monoisotopic (exact) mass is 200 g/mol. The summed E-state index contributed by atoms with van der Waals surface area (Å²) in [5.74, 6) is 0.865. The van der Waals surface area contributed by atoms with E-state index in [1.54, 1.807) is 6.07 Å². The first-order chi connectivity index (χ1) is 7.25. The van der Waals surface area contributed by atoms with Gasteiger partial charge in [0.25, 0.3) is 0 Å². The Morgan fingerprint density at radius 3 is 2.60 bits per heavy atom. The van der Waals surface area contributed by atoms with Gasteiger partial charge in [-0.05, 0) is 18.6 Å². The predicted molar refractivity (Wildman–Crippen MR) is 57.9 cm³/mol. The summed E-state index contributed by atoms with van der Waals surface area (Å²) >= 11 is 0. The van der Waals surface area contributed by atoms with Crippen LogP contribution >= 0.6 is 0 Å². The van der Waals surface area contributed by atoms with E-state index in [-0.39, 0.29) is 5.78 Å². The van der Waals surface area contributed by atoms with Crippen LogP contribution in [0.5, 0.6) is 0 Å². The predicted octanol–water partition coefficient (Wildman–Crippen LogP) is 3.01. The Bertz CT molecular complexity index is 454. The van der Waals surface area contributed by atoms with Crippen LogP contribution in [0.25, 0.3) is 0 Å². The molecule has 15 heavy (non-hydrogen) atoms. The van der Waals surface area contributed by atoms with Crippen LogP contribution in [-0.4, -0.2) is 5.78 Å². The average Bonchev–Trinajstić information content (AvgIpc) is 2.66. The van der Waals surface area contributed by atoms with Gasteiger partial charge in [0.15, 0.2) is 5.78 Å². The molecule has 76 valence electrons. The minimum atomic E-state index is 0.0954. The van der Waals surface area contributed by atoms with Crippen molar-refractivity contribution in [2.45, 2.75) is 13.3 Å². The zero-order valence-corrected chi connectivity index (χ0v) is 8.57. The number of carbonyl (C=O) groups excluding carboxylic acids is 1. The second kappa shape index (κ2) is 4.13. The second-order valence-electron chi connectivity index (χ2n) is 3.53. The van der Waals surface area contributed by atoms with Crippen molar-refractivity contribution < 1.29 is 9.21 Å². The van der Waals surface area contributed by atoms with Crippen molar-refractivity contribution in [3.05, 3.63) is 59.5 Å². The lowest BCUT2D eigenvalue weighted by molar-refractivity contribution is 0.0992. The molecule has 0 saturated carbocycles. The fourth-order valence-electron chi connectivity index (χ4n) is 1.47. The number of ketones is 1. The summed E-state index contributed by atoms with van der Waals surface area (Å²) in [5.41, 5.74) is 1.68. The van der Waals surface area contributed by atoms with Crippen LogP contribution in [0.2, 0.25) is 0 Å². The third-order valence-electron chi connectivity index (χ3n) is 2.26. The number of benzene rings is 1. The van der Waals surface area contributed by atoms with Gasteiger partial charge in [-0.2, -0.15) is 0 Å². The average molecular weight is 200 g/mol. The van der Waals surface area contributed by atoms with Gasteiger partial charge < -0.3 is 4.42 Å². The molecular weight excluding hydrogens is 188 g/mol. The van der Waals surface area contributed by atoms with Crippen LogP contribution in [0.3, 0.4) is 0 Å². The third kappa shape index (κ3) is 2.34. The van der Waals surface area contributed by atoms with Gasteiger partial charge in [-0.1, -0.05) is 30.3 Å². The van der Waals surface area contributed by atoms with Crippen molar-refractivity contribution in [2.24, 2.45) is 0 Å². The highest BCUT2D eigenvalue weighted by Gasteiger charge is 2.08. The molecule has 2 rings (SSSR count). The largest absolute Gasteiger partial charge is 0.469 e. The molecule has 2 heteroatoms. The van der Waals surface area contributed by atoms with Crippen molar-refractivity contribution in [3.8, 4) is 0 Å². The topological polar surface area (TPSA) is 30.2 Å². The van der Waals surface area contributed by atoms with Gasteiger partial charge >= 0.3 is 0 Å². The molecule has 1 heterocycles. The lowest BCUT2D eigenvalue weighted by Gasteiger charge is -1.97. The SMILES string of the molecule is Cc1cc(C(=O)Cc2ccccc2)co1. The van der Waals surface area contributed by atoms with E-state index in [1.807, 2.05) is 37.3 Å². The number of hydrogen-bond acceptors (Lipinski definition) is 2. The molecule has 0 atom stereocenters. The summed E-state index contributed by atoms with van der Waals surface area (Å²) < 4.78 is 5.10. The first-order valence-electron chi connectivity index (χ1n) is 4.88. The Balaban J connectivity index is 2.11. The van der Waals surface area contributed by atoms with Crippen LogP contribution in [0.15, 0.2) is 47.1 Å². The van der Waals surface area contributed by atoms with Gasteiger partial charge in [0.1, 0.15) is 12.0 Å². The molecule has 0 saturated heterocycles. The quantitative estimate of drug-likeness (QED) is 0.713. The van der Waals surface area contributed by atoms with Gasteiger partial charge in [-0.15, -0.1) is 0 Å². The molecule has 0 amide bonds. The molecule has 0 bridgehead atoms. The van der Waals surface area contributed by atoms with Crippen LogP contribution < -0.4 is 0 Å². The van der Waals surface area contributed by atoms with Crippen LogP contribution in [0.4, 0.5) is 0 Å². The molecule has 1 aromatic heterocycles. The number of Topliss-reactive ketones (excluding diaryl/α,β-unsaturated/α-hetero) is 1. The van der Waals surface area contributed by atoms with E-state index in [0.29, 0.717) is 12.0 Å². The minimum Gasteiger partial charge on any atom is -0.469 e. The second-order valence-corrected chi connectivity index (χ2v) is 3.53. The summed E-state index contributed by atoms with van der Waals surface area (Å²) in [4.78, 5) is 11.8. The standard InChI is InChI=1S/C13H12O2/c1-10-7-12(9-15-10)13(14)8-11-5-3-2-4-6-11/h2-7,9H,8H2,1H3. The normalized spacial score (nSPS) is 10.2. The highest BCUT2D eigenvalue weighted by molar-refractivity contribution is 5.97. The number of carbonyl (C=O) groups is 1. The van der Waals surface area contributed by atoms with Crippen LogP contribution in [0.1, 0.15) is 21.7 Å². The number of rotatable bonds is 3. The number of hydrogen-bond donors (Lipinski definition) is 0. The fraction of sp³-hybridized carbons (Fsp3) is 0.154. The van der Waals surface area contributed by atoms with E-state index in [0.717, 1.165) is 11.3 Å². The van der Waals surface area contributed by atoms with Gasteiger partial charge in [0, 0.05) is 6.42 Å². The maximum Gasteiger partial charge on any atom is 0.170 e. The molecular formula is C13H12O2. The van der Waals surface area contributed by atoms with Gasteiger partial charge in [0.2, 0.25) is 0 Å². The molecule has 2 nitrogen and oxygen atoms in total. The maximum absolute atomic E-state index is 11.8. The van der Waals surface area contributed by atoms with E-state index in [2.05, 4.69) is 0 Å². The molecule has 0 fully saturated rings. The lowest BCUT2D eigenvalue weighted by atomic mass is 10.1. The molecule has 2 aromatic rings. The third-order valence-corrected chi connectivity index (χ3v) is 2.26. The van der Waals surface area contributed by atoms with Crippen molar-refractivity contribution >= 4 is 5.78 Å². The van der Waals surface area contributed by atoms with Crippen molar-refractivity contribution in [1.82, 2.24) is 0 Å². The van der Waals surface area contributed by atoms with Crippen LogP contribution in [0, 0.1) is 6.92 Å². The van der Waals surface area contributed by atoms with Crippen molar-refractivity contribution in [3.63, 3.8) is 0 Å². The minimum absolute atomic E-state index is 0.0954. The molecule has 0 spiro atoms. The van der Waals surface area contributed by atoms with E-state index in [1.165, 1.54) is 6.26 Å². The van der Waals surface area contributed by atoms with Crippen molar-refractivity contribution in [2.75, 3.05) is 0 Å². The smallest absolute Gasteiger partial charge is 0.170 e. The molecule has 0 unspecified atom stereocenters. The fourth-order valence-corrected chi connectivity index (χ4v) is 1.47. The highest BCUT2D eigenvalue weighted by Crippen LogP contribution is 2.10. The van der Waals surface area contributed by atoms with Crippen molar-refractivity contribution in [1.29, 1.82) is 0 Å². The highest BCUT2D eigenvalue weighted by atomic mass is 16.3. The Hall–Kier alpha value is -1.83. The number of aryl methyl sites for hydroxylation is 1. The van der Waals surface area contributed by atoms with Gasteiger partial charge in [0.05, 0.1) is 5.56 Å². The van der Waals surface area contributed by atoms with Gasteiger partial charge in [-0.3, -0.25) is 4.79 Å². The van der Waals surface area contributed by atoms with E-state index >= 15 is 0 Å². The van der Waals surface area contributed by atoms with E-state index in [9.17, 15) is 4.79 Å². The molecule has 0 aliphatic carbocycles. The maximum atomic E-state index is 11.8. The number of furan rings is 1. The molecule has 0 aliphatic heterocycles. The van der Waals surface area contributed by atoms with Crippen LogP contribution in [-0.2, 0) is 6.42 Å². The Morgan fingerprint density at radius 1 is 1.27 bits per heavy atom. The first kappa shape index (κ1) is 9.71. The first-order valence-corrected chi connectivity index (χ1v) is 4.88. The van der Waals surface area contributed by atoms with E-state index in [4.69, 9.17) is 4.42 Å². The van der Waals surface area contributed by atoms with Gasteiger partial charge in [-0.25, -0.2) is 0 Å². The Morgan fingerprint density at radius 2 is 2.00 bits per heavy atom. The summed E-state index contributed by atoms with van der Waals surface area (Å²) in [6.07, 6.45) is 1.94. The molecule has 0 N–H and O–H groups in total. The summed E-state index contributed by atoms with van der Waals surface area (Å²) in [6, 6.07) is 11.5. The lowest BCUT2D eigenvalue weighted by Crippen LogP contribution is -2.01. The zero-order chi connectivity index (χ0) is 10.7. The molecule has 0 aliphatic rings. The Labute approximate surface area is 88.5 Å². The molecule has 1 aromatic carbocycles. The van der Waals surface area contributed by atoms with E-state index < -0.39 is 0 Å². The molecule has 0 radical (unpaired) electrons. The Kier molecular flexibility index (Phi) is 2.68. The zero-order valence-electron chi connectivity index (χ0n) is 8.57. The summed E-state index contributed by atoms with van der Waals surface area (Å²) in [5, 5.41) is 0.